The maximum atomic E-state index is 12.4. The molecular formula is C34H24Cu2N6Na3O14S4. The minimum atomic E-state index is -5.21. The SMILES string of the molecule is [CH2-]c1c(N=Nc2cc(S(=O)(=O)[O-])ccc2O)c(S(=O)(=O)[O-])cc2cc(Nc3ccc4c(O)c(N=Nc5cc(SOONC)ccc5O)c(SOO[O-])cc4c3)ccc12.[Cu+].[Cu].[Na+].[Na+].[Na+]. The summed E-state index contributed by atoms with van der Waals surface area (Å²) in [5.74, 6) is -1.20. The van der Waals surface area contributed by atoms with E-state index >= 15 is 0 Å². The number of nitrogens with zero attached hydrogens (tertiary/aromatic N) is 4. The molecule has 6 rings (SSSR count). The fourth-order valence-corrected chi connectivity index (χ4v) is 7.42. The predicted molar refractivity (Wildman–Crippen MR) is 203 cm³/mol. The molecule has 0 atom stereocenters. The molecule has 0 aliphatic rings. The van der Waals surface area contributed by atoms with Gasteiger partial charge in [-0.15, -0.1) is 31.0 Å². The Morgan fingerprint density at radius 1 is 0.683 bits per heavy atom. The number of hydrogen-bond acceptors (Lipinski definition) is 22. The van der Waals surface area contributed by atoms with Crippen molar-refractivity contribution < 1.29 is 188 Å². The topological polar surface area (TPSA) is 309 Å². The maximum absolute atomic E-state index is 12.4. The summed E-state index contributed by atoms with van der Waals surface area (Å²) in [6.45, 7) is 3.87. The molecule has 0 amide bonds. The van der Waals surface area contributed by atoms with Gasteiger partial charge in [-0.05, 0) is 77.8 Å². The van der Waals surface area contributed by atoms with Crippen molar-refractivity contribution in [2.45, 2.75) is 19.6 Å². The molecule has 0 bridgehead atoms. The summed E-state index contributed by atoms with van der Waals surface area (Å²) in [4.78, 5) is 3.61. The van der Waals surface area contributed by atoms with E-state index in [2.05, 4.69) is 52.5 Å². The number of phenolic OH excluding ortho intramolecular Hbond substituents is 3. The molecule has 0 saturated carbocycles. The van der Waals surface area contributed by atoms with Gasteiger partial charge < -0.3 is 35.0 Å². The van der Waals surface area contributed by atoms with Crippen LogP contribution >= 0.6 is 24.1 Å². The van der Waals surface area contributed by atoms with Crippen molar-refractivity contribution in [3.05, 3.63) is 97.4 Å². The van der Waals surface area contributed by atoms with Crippen molar-refractivity contribution in [3.63, 3.8) is 0 Å². The second-order valence-electron chi connectivity index (χ2n) is 11.5. The molecule has 0 aromatic heterocycles. The van der Waals surface area contributed by atoms with E-state index in [9.17, 15) is 46.5 Å². The van der Waals surface area contributed by atoms with E-state index < -0.39 is 47.2 Å². The second-order valence-corrected chi connectivity index (χ2v) is 15.8. The van der Waals surface area contributed by atoms with E-state index in [0.29, 0.717) is 44.5 Å². The summed E-state index contributed by atoms with van der Waals surface area (Å²) in [6, 6.07) is 18.8. The van der Waals surface area contributed by atoms with Crippen LogP contribution < -0.4 is 105 Å². The standard InChI is InChI=1S/C34H27N6O14S4.2Cu.3Na/c1-17-24-7-3-20(12-19(24)14-31(58(48,49)50)32(17)39-38-27-16-23(57(45,46)47)6-10-29(27)42)36-21-4-8-25-18(11-21)13-30(56-54-52-44)33(34(25)43)40-37-26-15-22(5-9-28(26)41)55-53-51-35-2;;;;;/h3-16,35-36,41-44H,1H2,2H3,(H,45,46,47)(H,48,49,50);;;;;/q-1;;4*+1/p-3. The first kappa shape index (κ1) is 59.4. The fourth-order valence-electron chi connectivity index (χ4n) is 5.30. The molecule has 6 aromatic carbocycles. The van der Waals surface area contributed by atoms with E-state index in [-0.39, 0.29) is 162 Å². The van der Waals surface area contributed by atoms with Crippen LogP contribution in [-0.2, 0) is 73.1 Å². The maximum Gasteiger partial charge on any atom is 1.00 e. The number of anilines is 2. The average Bonchev–Trinajstić information content (AvgIpc) is 3.17. The van der Waals surface area contributed by atoms with Crippen LogP contribution in [0.2, 0.25) is 0 Å². The quantitative estimate of drug-likeness (QED) is 0.0109. The van der Waals surface area contributed by atoms with Crippen LogP contribution in [0.3, 0.4) is 0 Å². The van der Waals surface area contributed by atoms with Gasteiger partial charge in [-0.2, -0.15) is 27.4 Å². The van der Waals surface area contributed by atoms with Crippen molar-refractivity contribution in [1.29, 1.82) is 0 Å². The van der Waals surface area contributed by atoms with Gasteiger partial charge in [-0.1, -0.05) is 17.5 Å². The molecule has 0 unspecified atom stereocenters. The molecule has 20 nitrogen and oxygen atoms in total. The van der Waals surface area contributed by atoms with Crippen molar-refractivity contribution in [2.75, 3.05) is 12.4 Å². The molecular weight excluding hydrogens is 1040 g/mol. The third-order valence-electron chi connectivity index (χ3n) is 7.89. The molecule has 0 aliphatic carbocycles. The summed E-state index contributed by atoms with van der Waals surface area (Å²) >= 11 is 1.24. The Morgan fingerprint density at radius 2 is 1.25 bits per heavy atom. The average molecular weight is 1060 g/mol. The first-order valence-electron chi connectivity index (χ1n) is 15.8. The van der Waals surface area contributed by atoms with Crippen molar-refractivity contribution in [1.82, 2.24) is 5.48 Å². The Hall–Kier alpha value is -1.57. The summed E-state index contributed by atoms with van der Waals surface area (Å²) in [5, 5.41) is 66.0. The van der Waals surface area contributed by atoms with E-state index in [1.54, 1.807) is 30.3 Å². The third-order valence-corrected chi connectivity index (χ3v) is 10.8. The van der Waals surface area contributed by atoms with Gasteiger partial charge in [0, 0.05) is 50.7 Å². The van der Waals surface area contributed by atoms with Crippen molar-refractivity contribution in [2.24, 2.45) is 20.5 Å². The number of benzene rings is 6. The number of aromatic hydroxyl groups is 3. The Balaban J connectivity index is 0.00000397. The molecule has 0 saturated heterocycles. The van der Waals surface area contributed by atoms with E-state index in [1.807, 2.05) is 0 Å². The van der Waals surface area contributed by atoms with Crippen LogP contribution in [0.4, 0.5) is 34.1 Å². The van der Waals surface area contributed by atoms with Gasteiger partial charge in [0.2, 0.25) is 0 Å². The van der Waals surface area contributed by atoms with Gasteiger partial charge in [0.25, 0.3) is 0 Å². The van der Waals surface area contributed by atoms with Crippen molar-refractivity contribution >= 4 is 100.0 Å². The summed E-state index contributed by atoms with van der Waals surface area (Å²) in [5.41, 5.74) is 2.03. The Labute approximate surface area is 454 Å². The van der Waals surface area contributed by atoms with E-state index in [1.165, 1.54) is 37.4 Å². The number of nitrogens with one attached hydrogen (secondary N) is 2. The zero-order valence-corrected chi connectivity index (χ0v) is 43.8. The van der Waals surface area contributed by atoms with Crippen LogP contribution in [0.5, 0.6) is 17.2 Å². The first-order valence-corrected chi connectivity index (χ1v) is 20.1. The molecule has 0 aliphatic heterocycles. The normalized spacial score (nSPS) is 11.4. The first-order chi connectivity index (χ1) is 27.6. The number of fused-ring (bicyclic) bond motifs is 2. The van der Waals surface area contributed by atoms with Gasteiger partial charge in [0.15, 0.2) is 5.75 Å². The molecule has 323 valence electrons. The fraction of sp³-hybridized carbons (Fsp3) is 0.0294. The predicted octanol–water partition coefficient (Wildman–Crippen LogP) is -2.00. The number of hydrogen-bond donors (Lipinski definition) is 5. The molecule has 0 spiro atoms. The smallest absolute Gasteiger partial charge is 0.745 e. The van der Waals surface area contributed by atoms with Gasteiger partial charge in [0.1, 0.15) is 48.8 Å². The summed E-state index contributed by atoms with van der Waals surface area (Å²) < 4.78 is 80.8. The van der Waals surface area contributed by atoms with Crippen molar-refractivity contribution in [3.8, 4) is 17.2 Å². The minimum absolute atomic E-state index is 0. The summed E-state index contributed by atoms with van der Waals surface area (Å²) in [6.07, 6.45) is 0. The molecule has 0 fully saturated rings. The minimum Gasteiger partial charge on any atom is -0.745 e. The van der Waals surface area contributed by atoms with Gasteiger partial charge in [-0.25, -0.2) is 21.9 Å². The Morgan fingerprint density at radius 3 is 1.84 bits per heavy atom. The molecule has 5 N–H and O–H groups in total. The third kappa shape index (κ3) is 15.0. The van der Waals surface area contributed by atoms with E-state index in [0.717, 1.165) is 36.3 Å². The zero-order valence-electron chi connectivity index (χ0n) is 32.6. The second kappa shape index (κ2) is 26.1. The summed E-state index contributed by atoms with van der Waals surface area (Å²) in [7, 11) is -8.66. The van der Waals surface area contributed by atoms with E-state index in [4.69, 9.17) is 4.33 Å². The van der Waals surface area contributed by atoms with Crippen LogP contribution in [0.15, 0.2) is 125 Å². The molecule has 29 heteroatoms. The molecule has 6 aromatic rings. The largest absolute Gasteiger partial charge is 1.00 e. The van der Waals surface area contributed by atoms with Crippen LogP contribution in [0, 0.1) is 6.92 Å². The Kier molecular flexibility index (Phi) is 24.6. The van der Waals surface area contributed by atoms with Crippen LogP contribution in [0.1, 0.15) is 5.56 Å². The Bertz CT molecular complexity index is 2870. The zero-order chi connectivity index (χ0) is 41.8. The van der Waals surface area contributed by atoms with Crippen LogP contribution in [-0.4, -0.2) is 48.3 Å². The molecule has 1 radical (unpaired) electrons. The van der Waals surface area contributed by atoms with Gasteiger partial charge in [0.05, 0.1) is 33.9 Å². The van der Waals surface area contributed by atoms with Crippen LogP contribution in [0.25, 0.3) is 21.5 Å². The number of phenols is 3. The number of hydroxylamine groups is 1. The monoisotopic (exact) mass is 1060 g/mol. The van der Waals surface area contributed by atoms with Gasteiger partial charge in [-0.3, -0.25) is 5.04 Å². The number of rotatable bonds is 15. The number of azo groups is 2. The van der Waals surface area contributed by atoms with Gasteiger partial charge >= 0.3 is 106 Å². The molecule has 63 heavy (non-hydrogen) atoms. The molecule has 0 heterocycles.